The maximum atomic E-state index is 13.1. The number of benzene rings is 1. The number of nitrogens with one attached hydrogen (secondary N) is 1. The molecule has 1 aliphatic carbocycles. The zero-order valence-electron chi connectivity index (χ0n) is 14.0. The van der Waals surface area contributed by atoms with Crippen LogP contribution in [0, 0.1) is 5.82 Å². The molecule has 2 atom stereocenters. The average Bonchev–Trinajstić information content (AvgIpc) is 2.99. The highest BCUT2D eigenvalue weighted by Crippen LogP contribution is 2.25. The second kappa shape index (κ2) is 8.05. The van der Waals surface area contributed by atoms with E-state index in [0.29, 0.717) is 24.7 Å². The number of carbonyl (C=O) groups excluding carboxylic acids is 1. The molecule has 132 valence electrons. The lowest BCUT2D eigenvalue weighted by atomic mass is 10.1. The summed E-state index contributed by atoms with van der Waals surface area (Å²) in [5, 5.41) is 12.7. The van der Waals surface area contributed by atoms with E-state index in [0.717, 1.165) is 45.4 Å². The lowest BCUT2D eigenvalue weighted by molar-refractivity contribution is -0.116. The van der Waals surface area contributed by atoms with Gasteiger partial charge in [-0.2, -0.15) is 0 Å². The molecule has 1 saturated heterocycles. The summed E-state index contributed by atoms with van der Waals surface area (Å²) in [4.78, 5) is 16.6. The zero-order valence-corrected chi connectivity index (χ0v) is 14.0. The normalized spacial score (nSPS) is 25.8. The van der Waals surface area contributed by atoms with E-state index in [-0.39, 0.29) is 17.8 Å². The van der Waals surface area contributed by atoms with Gasteiger partial charge in [-0.3, -0.25) is 9.69 Å². The van der Waals surface area contributed by atoms with Gasteiger partial charge >= 0.3 is 0 Å². The smallest absolute Gasteiger partial charge is 0.225 e. The summed E-state index contributed by atoms with van der Waals surface area (Å²) in [7, 11) is 0. The van der Waals surface area contributed by atoms with E-state index in [1.54, 1.807) is 12.1 Å². The fourth-order valence-electron chi connectivity index (χ4n) is 3.71. The van der Waals surface area contributed by atoms with E-state index >= 15 is 0 Å². The third kappa shape index (κ3) is 4.53. The van der Waals surface area contributed by atoms with Crippen LogP contribution in [-0.4, -0.2) is 65.7 Å². The fourth-order valence-corrected chi connectivity index (χ4v) is 3.71. The van der Waals surface area contributed by atoms with Crippen molar-refractivity contribution < 1.29 is 14.3 Å². The summed E-state index contributed by atoms with van der Waals surface area (Å²) >= 11 is 0. The Labute approximate surface area is 142 Å². The number of carbonyl (C=O) groups is 1. The van der Waals surface area contributed by atoms with Crippen molar-refractivity contribution in [2.45, 2.75) is 37.8 Å². The predicted molar refractivity (Wildman–Crippen MR) is 91.3 cm³/mol. The third-order valence-corrected chi connectivity index (χ3v) is 5.08. The number of halogens is 1. The minimum absolute atomic E-state index is 0.0887. The van der Waals surface area contributed by atoms with Crippen LogP contribution in [0.4, 0.5) is 10.1 Å². The maximum absolute atomic E-state index is 13.1. The molecule has 1 saturated carbocycles. The number of amides is 1. The molecule has 3 rings (SSSR count). The van der Waals surface area contributed by atoms with Gasteiger partial charge in [-0.05, 0) is 37.5 Å². The molecule has 1 heterocycles. The van der Waals surface area contributed by atoms with Crippen molar-refractivity contribution in [1.29, 1.82) is 0 Å². The molecule has 2 fully saturated rings. The van der Waals surface area contributed by atoms with Crippen LogP contribution >= 0.6 is 0 Å². The Morgan fingerprint density at radius 1 is 1.25 bits per heavy atom. The van der Waals surface area contributed by atoms with Crippen molar-refractivity contribution in [3.05, 3.63) is 30.1 Å². The van der Waals surface area contributed by atoms with E-state index in [1.165, 1.54) is 12.1 Å². The van der Waals surface area contributed by atoms with Crippen molar-refractivity contribution in [3.8, 4) is 0 Å². The molecule has 24 heavy (non-hydrogen) atoms. The molecular weight excluding hydrogens is 309 g/mol. The summed E-state index contributed by atoms with van der Waals surface area (Å²) in [5.74, 6) is -0.438. The number of aliphatic hydroxyl groups excluding tert-OH is 1. The first-order valence-corrected chi connectivity index (χ1v) is 8.82. The van der Waals surface area contributed by atoms with E-state index in [9.17, 15) is 14.3 Å². The number of rotatable bonds is 5. The molecular formula is C18H26FN3O2. The summed E-state index contributed by atoms with van der Waals surface area (Å²) < 4.78 is 13.1. The Morgan fingerprint density at radius 2 is 2.04 bits per heavy atom. The standard InChI is InChI=1S/C18H26FN3O2/c19-14-3-1-4-15(13-14)20-18(24)7-8-21-9-11-22(12-10-21)16-5-2-6-17(16)23/h1,3-4,13,16-17,23H,2,5-12H2,(H,20,24)/t16-,17-/m1/s1. The van der Waals surface area contributed by atoms with Gasteiger partial charge < -0.3 is 15.3 Å². The van der Waals surface area contributed by atoms with Crippen LogP contribution in [0.15, 0.2) is 24.3 Å². The highest BCUT2D eigenvalue weighted by Gasteiger charge is 2.32. The van der Waals surface area contributed by atoms with Gasteiger partial charge in [0.1, 0.15) is 5.82 Å². The first kappa shape index (κ1) is 17.3. The van der Waals surface area contributed by atoms with Crippen molar-refractivity contribution in [2.24, 2.45) is 0 Å². The summed E-state index contributed by atoms with van der Waals surface area (Å²) in [6.07, 6.45) is 3.37. The van der Waals surface area contributed by atoms with Crippen LogP contribution in [-0.2, 0) is 4.79 Å². The number of hydrogen-bond acceptors (Lipinski definition) is 4. The van der Waals surface area contributed by atoms with Crippen molar-refractivity contribution in [3.63, 3.8) is 0 Å². The largest absolute Gasteiger partial charge is 0.391 e. The van der Waals surface area contributed by atoms with Crippen LogP contribution in [0.1, 0.15) is 25.7 Å². The third-order valence-electron chi connectivity index (χ3n) is 5.08. The lowest BCUT2D eigenvalue weighted by Crippen LogP contribution is -2.52. The van der Waals surface area contributed by atoms with E-state index in [1.807, 2.05) is 0 Å². The Hall–Kier alpha value is -1.50. The molecule has 0 aromatic heterocycles. The average molecular weight is 335 g/mol. The number of hydrogen-bond donors (Lipinski definition) is 2. The lowest BCUT2D eigenvalue weighted by Gasteiger charge is -2.39. The van der Waals surface area contributed by atoms with Crippen LogP contribution in [0.5, 0.6) is 0 Å². The topological polar surface area (TPSA) is 55.8 Å². The molecule has 0 bridgehead atoms. The molecule has 0 unspecified atom stereocenters. The Balaban J connectivity index is 1.38. The number of aliphatic hydroxyl groups is 1. The maximum Gasteiger partial charge on any atom is 0.225 e. The molecule has 1 aromatic carbocycles. The Bertz CT molecular complexity index is 561. The van der Waals surface area contributed by atoms with Crippen molar-refractivity contribution in [2.75, 3.05) is 38.0 Å². The van der Waals surface area contributed by atoms with Crippen molar-refractivity contribution in [1.82, 2.24) is 9.80 Å². The summed E-state index contributed by atoms with van der Waals surface area (Å²) in [6.45, 7) is 4.47. The Kier molecular flexibility index (Phi) is 5.81. The molecule has 1 amide bonds. The number of anilines is 1. The second-order valence-electron chi connectivity index (χ2n) is 6.75. The monoisotopic (exact) mass is 335 g/mol. The minimum atomic E-state index is -0.349. The highest BCUT2D eigenvalue weighted by atomic mass is 19.1. The van der Waals surface area contributed by atoms with Gasteiger partial charge in [-0.1, -0.05) is 6.07 Å². The predicted octanol–water partition coefficient (Wildman–Crippen LogP) is 1.69. The fraction of sp³-hybridized carbons (Fsp3) is 0.611. The first-order valence-electron chi connectivity index (χ1n) is 8.82. The molecule has 2 aliphatic rings. The number of piperazine rings is 1. The van der Waals surface area contributed by atoms with E-state index in [4.69, 9.17) is 0 Å². The van der Waals surface area contributed by atoms with E-state index < -0.39 is 0 Å². The molecule has 6 heteroatoms. The Morgan fingerprint density at radius 3 is 2.71 bits per heavy atom. The van der Waals surface area contributed by atoms with Gasteiger partial charge in [-0.15, -0.1) is 0 Å². The highest BCUT2D eigenvalue weighted by molar-refractivity contribution is 5.90. The van der Waals surface area contributed by atoms with Crippen LogP contribution < -0.4 is 5.32 Å². The molecule has 2 N–H and O–H groups in total. The summed E-state index contributed by atoms with van der Waals surface area (Å²) in [6, 6.07) is 6.28. The molecule has 1 aliphatic heterocycles. The van der Waals surface area contributed by atoms with Gasteiger partial charge in [-0.25, -0.2) is 4.39 Å². The second-order valence-corrected chi connectivity index (χ2v) is 6.75. The van der Waals surface area contributed by atoms with Crippen molar-refractivity contribution >= 4 is 11.6 Å². The summed E-state index contributed by atoms with van der Waals surface area (Å²) in [5.41, 5.74) is 0.500. The van der Waals surface area contributed by atoms with Crippen LogP contribution in [0.25, 0.3) is 0 Å². The molecule has 0 spiro atoms. The minimum Gasteiger partial charge on any atom is -0.391 e. The zero-order chi connectivity index (χ0) is 16.9. The van der Waals surface area contributed by atoms with Gasteiger partial charge in [0.05, 0.1) is 6.10 Å². The van der Waals surface area contributed by atoms with Gasteiger partial charge in [0, 0.05) is 50.9 Å². The van der Waals surface area contributed by atoms with Gasteiger partial charge in [0.25, 0.3) is 0 Å². The van der Waals surface area contributed by atoms with Gasteiger partial charge in [0.2, 0.25) is 5.91 Å². The molecule has 5 nitrogen and oxygen atoms in total. The molecule has 1 aromatic rings. The quantitative estimate of drug-likeness (QED) is 0.860. The van der Waals surface area contributed by atoms with Crippen LogP contribution in [0.3, 0.4) is 0 Å². The first-order chi connectivity index (χ1) is 11.6. The molecule has 0 radical (unpaired) electrons. The number of nitrogens with zero attached hydrogens (tertiary/aromatic N) is 2. The van der Waals surface area contributed by atoms with Crippen LogP contribution in [0.2, 0.25) is 0 Å². The van der Waals surface area contributed by atoms with E-state index in [2.05, 4.69) is 15.1 Å². The SMILES string of the molecule is O=C(CCN1CCN([C@@H]2CCC[C@H]2O)CC1)Nc1cccc(F)c1. The van der Waals surface area contributed by atoms with Gasteiger partial charge in [0.15, 0.2) is 0 Å².